The minimum atomic E-state index is -0.298. The normalized spacial score (nSPS) is 14.4. The zero-order chi connectivity index (χ0) is 17.4. The molecule has 25 heavy (non-hydrogen) atoms. The first-order valence-electron chi connectivity index (χ1n) is 8.44. The van der Waals surface area contributed by atoms with Crippen LogP contribution in [-0.4, -0.2) is 43.3 Å². The third-order valence-corrected chi connectivity index (χ3v) is 4.55. The van der Waals surface area contributed by atoms with E-state index < -0.39 is 0 Å². The molecule has 0 N–H and O–H groups in total. The van der Waals surface area contributed by atoms with E-state index in [1.807, 2.05) is 30.3 Å². The van der Waals surface area contributed by atoms with Crippen LogP contribution in [0.1, 0.15) is 18.7 Å². The quantitative estimate of drug-likeness (QED) is 0.726. The maximum Gasteiger partial charge on any atom is 0.293 e. The van der Waals surface area contributed by atoms with Crippen LogP contribution in [0, 0.1) is 6.92 Å². The molecule has 1 aliphatic heterocycles. The number of carbonyl (C=O) groups is 1. The fourth-order valence-corrected chi connectivity index (χ4v) is 3.23. The van der Waals surface area contributed by atoms with Gasteiger partial charge >= 0.3 is 0 Å². The highest BCUT2D eigenvalue weighted by molar-refractivity contribution is 5.76. The van der Waals surface area contributed by atoms with Gasteiger partial charge in [-0.25, -0.2) is 9.20 Å². The van der Waals surface area contributed by atoms with Crippen molar-refractivity contribution in [3.8, 4) is 11.3 Å². The molecular weight excluding hydrogens is 318 g/mol. The Balaban J connectivity index is 1.73. The summed E-state index contributed by atoms with van der Waals surface area (Å²) < 4.78 is 2.79. The van der Waals surface area contributed by atoms with Crippen LogP contribution in [0.25, 0.3) is 16.8 Å². The van der Waals surface area contributed by atoms with E-state index in [4.69, 9.17) is 0 Å². The van der Waals surface area contributed by atoms with Crippen molar-refractivity contribution in [2.45, 2.75) is 26.3 Å². The van der Waals surface area contributed by atoms with Crippen LogP contribution in [-0.2, 0) is 11.3 Å². The van der Waals surface area contributed by atoms with Crippen LogP contribution in [0.5, 0.6) is 0 Å². The van der Waals surface area contributed by atoms with E-state index in [2.05, 4.69) is 10.2 Å². The predicted molar refractivity (Wildman–Crippen MR) is 93.2 cm³/mol. The van der Waals surface area contributed by atoms with Crippen molar-refractivity contribution in [3.63, 3.8) is 0 Å². The summed E-state index contributed by atoms with van der Waals surface area (Å²) in [6.07, 6.45) is 2.05. The molecule has 0 saturated carbocycles. The average molecular weight is 337 g/mol. The van der Waals surface area contributed by atoms with Crippen molar-refractivity contribution in [1.82, 2.24) is 24.3 Å². The zero-order valence-electron chi connectivity index (χ0n) is 14.1. The topological polar surface area (TPSA) is 72.5 Å². The molecule has 7 heteroatoms. The Bertz CT molecular complexity index is 984. The number of aryl methyl sites for hydroxylation is 1. The van der Waals surface area contributed by atoms with Crippen molar-refractivity contribution in [2.24, 2.45) is 0 Å². The number of likely N-dealkylation sites (tertiary alicyclic amines) is 1. The van der Waals surface area contributed by atoms with E-state index in [-0.39, 0.29) is 18.0 Å². The molecule has 0 bridgehead atoms. The van der Waals surface area contributed by atoms with Crippen LogP contribution in [0.3, 0.4) is 0 Å². The number of rotatable bonds is 3. The smallest absolute Gasteiger partial charge is 0.293 e. The molecule has 1 fully saturated rings. The Hall–Kier alpha value is -2.96. The fourth-order valence-electron chi connectivity index (χ4n) is 3.23. The van der Waals surface area contributed by atoms with Gasteiger partial charge in [0.15, 0.2) is 0 Å². The van der Waals surface area contributed by atoms with Crippen LogP contribution in [0.2, 0.25) is 0 Å². The maximum absolute atomic E-state index is 12.7. The van der Waals surface area contributed by atoms with Gasteiger partial charge in [0.25, 0.3) is 5.56 Å². The summed E-state index contributed by atoms with van der Waals surface area (Å²) in [6, 6.07) is 11.4. The molecule has 0 spiro atoms. The summed E-state index contributed by atoms with van der Waals surface area (Å²) >= 11 is 0. The lowest BCUT2D eigenvalue weighted by Gasteiger charge is -2.15. The number of benzene rings is 1. The van der Waals surface area contributed by atoms with Gasteiger partial charge in [0.05, 0.1) is 5.69 Å². The minimum Gasteiger partial charge on any atom is -0.341 e. The van der Waals surface area contributed by atoms with Gasteiger partial charge in [0.2, 0.25) is 5.91 Å². The Morgan fingerprint density at radius 1 is 1.12 bits per heavy atom. The Morgan fingerprint density at radius 3 is 2.56 bits per heavy atom. The molecule has 0 atom stereocenters. The van der Waals surface area contributed by atoms with E-state index in [1.165, 1.54) is 4.68 Å². The lowest BCUT2D eigenvalue weighted by Crippen LogP contribution is -2.36. The van der Waals surface area contributed by atoms with Crippen LogP contribution >= 0.6 is 0 Å². The lowest BCUT2D eigenvalue weighted by atomic mass is 10.1. The highest BCUT2D eigenvalue weighted by Gasteiger charge is 2.20. The summed E-state index contributed by atoms with van der Waals surface area (Å²) in [5.41, 5.74) is 1.78. The molecule has 1 amide bonds. The Labute approximate surface area is 144 Å². The van der Waals surface area contributed by atoms with Gasteiger partial charge in [-0.05, 0) is 25.8 Å². The van der Waals surface area contributed by atoms with Gasteiger partial charge in [0, 0.05) is 18.7 Å². The highest BCUT2D eigenvalue weighted by Crippen LogP contribution is 2.18. The zero-order valence-corrected chi connectivity index (χ0v) is 14.1. The second-order valence-corrected chi connectivity index (χ2v) is 6.29. The molecule has 1 saturated heterocycles. The Morgan fingerprint density at radius 2 is 1.84 bits per heavy atom. The molecule has 3 heterocycles. The van der Waals surface area contributed by atoms with Gasteiger partial charge in [-0.15, -0.1) is 0 Å². The van der Waals surface area contributed by atoms with Gasteiger partial charge in [0.1, 0.15) is 17.9 Å². The number of aromatic nitrogens is 4. The molecule has 128 valence electrons. The number of amides is 1. The van der Waals surface area contributed by atoms with E-state index in [0.717, 1.165) is 31.5 Å². The molecule has 0 radical (unpaired) electrons. The third kappa shape index (κ3) is 2.82. The summed E-state index contributed by atoms with van der Waals surface area (Å²) in [6.45, 7) is 3.28. The van der Waals surface area contributed by atoms with Gasteiger partial charge < -0.3 is 4.90 Å². The maximum atomic E-state index is 12.7. The van der Waals surface area contributed by atoms with Crippen molar-refractivity contribution >= 4 is 11.4 Å². The molecule has 3 aromatic rings. The van der Waals surface area contributed by atoms with Gasteiger partial charge in [-0.3, -0.25) is 9.59 Å². The summed E-state index contributed by atoms with van der Waals surface area (Å²) in [4.78, 5) is 26.9. The molecule has 1 aromatic carbocycles. The summed E-state index contributed by atoms with van der Waals surface area (Å²) in [5, 5.41) is 8.76. The monoisotopic (exact) mass is 337 g/mol. The second-order valence-electron chi connectivity index (χ2n) is 6.29. The molecule has 0 aliphatic carbocycles. The van der Waals surface area contributed by atoms with Crippen molar-refractivity contribution in [1.29, 1.82) is 0 Å². The number of hydrogen-bond donors (Lipinski definition) is 0. The summed E-state index contributed by atoms with van der Waals surface area (Å²) in [7, 11) is 0. The molecule has 1 aliphatic rings. The van der Waals surface area contributed by atoms with Gasteiger partial charge in [-0.2, -0.15) is 10.2 Å². The largest absolute Gasteiger partial charge is 0.341 e. The van der Waals surface area contributed by atoms with Crippen LogP contribution < -0.4 is 5.56 Å². The number of carbonyl (C=O) groups excluding carboxylic acids is 1. The van der Waals surface area contributed by atoms with Crippen molar-refractivity contribution in [3.05, 3.63) is 52.6 Å². The van der Waals surface area contributed by atoms with Crippen LogP contribution in [0.15, 0.2) is 41.2 Å². The van der Waals surface area contributed by atoms with E-state index >= 15 is 0 Å². The first-order chi connectivity index (χ1) is 12.1. The molecule has 7 nitrogen and oxygen atoms in total. The average Bonchev–Trinajstić information content (AvgIpc) is 3.30. The SMILES string of the molecule is Cc1nn(CC(=O)N2CCCC2)c(=O)c2cc(-c3ccccc3)nn12. The van der Waals surface area contributed by atoms with E-state index in [9.17, 15) is 9.59 Å². The van der Waals surface area contributed by atoms with E-state index in [0.29, 0.717) is 17.0 Å². The standard InChI is InChI=1S/C18H19N5O2/c1-13-19-22(12-17(24)21-9-5-6-10-21)18(25)16-11-15(20-23(13)16)14-7-3-2-4-8-14/h2-4,7-8,11H,5-6,9-10,12H2,1H3. The molecule has 2 aromatic heterocycles. The first kappa shape index (κ1) is 15.6. The lowest BCUT2D eigenvalue weighted by molar-refractivity contribution is -0.131. The minimum absolute atomic E-state index is 0.0258. The number of nitrogens with zero attached hydrogens (tertiary/aromatic N) is 5. The second kappa shape index (κ2) is 6.16. The van der Waals surface area contributed by atoms with Crippen molar-refractivity contribution in [2.75, 3.05) is 13.1 Å². The molecule has 4 rings (SSSR count). The first-order valence-corrected chi connectivity index (χ1v) is 8.44. The predicted octanol–water partition coefficient (Wildman–Crippen LogP) is 1.49. The molecule has 0 unspecified atom stereocenters. The third-order valence-electron chi connectivity index (χ3n) is 4.55. The summed E-state index contributed by atoms with van der Waals surface area (Å²) in [5.74, 6) is 0.518. The van der Waals surface area contributed by atoms with E-state index in [1.54, 1.807) is 22.4 Å². The number of fused-ring (bicyclic) bond motifs is 1. The number of hydrogen-bond acceptors (Lipinski definition) is 4. The fraction of sp³-hybridized carbons (Fsp3) is 0.333. The highest BCUT2D eigenvalue weighted by atomic mass is 16.2. The van der Waals surface area contributed by atoms with Gasteiger partial charge in [-0.1, -0.05) is 30.3 Å². The van der Waals surface area contributed by atoms with Crippen LogP contribution in [0.4, 0.5) is 0 Å². The molecular formula is C18H19N5O2. The Kier molecular flexibility index (Phi) is 3.83. The van der Waals surface area contributed by atoms with Crippen molar-refractivity contribution < 1.29 is 4.79 Å².